The summed E-state index contributed by atoms with van der Waals surface area (Å²) < 4.78 is 0. The van der Waals surface area contributed by atoms with Crippen LogP contribution in [-0.2, 0) is 4.79 Å². The molecule has 1 N–H and O–H groups in total. The van der Waals surface area contributed by atoms with Gasteiger partial charge in [-0.25, -0.2) is 0 Å². The molecule has 1 atom stereocenters. The average Bonchev–Trinajstić information content (AvgIpc) is 2.43. The van der Waals surface area contributed by atoms with E-state index in [1.807, 2.05) is 56.3 Å². The summed E-state index contributed by atoms with van der Waals surface area (Å²) in [6.07, 6.45) is 0. The van der Waals surface area contributed by atoms with Gasteiger partial charge in [0.05, 0.1) is 5.92 Å². The number of nitrogens with one attached hydrogen (secondary N) is 1. The van der Waals surface area contributed by atoms with Crippen molar-refractivity contribution in [3.63, 3.8) is 0 Å². The maximum Gasteiger partial charge on any atom is 0.231 e. The molecular formula is C16H16ClNO. The Kier molecular flexibility index (Phi) is 4.23. The number of hydrogen-bond donors (Lipinski definition) is 1. The van der Waals surface area contributed by atoms with E-state index in [-0.39, 0.29) is 11.8 Å². The van der Waals surface area contributed by atoms with Gasteiger partial charge < -0.3 is 5.32 Å². The van der Waals surface area contributed by atoms with E-state index in [1.54, 1.807) is 6.07 Å². The van der Waals surface area contributed by atoms with Crippen molar-refractivity contribution >= 4 is 23.2 Å². The first kappa shape index (κ1) is 13.6. The third-order valence-electron chi connectivity index (χ3n) is 3.15. The minimum Gasteiger partial charge on any atom is -0.325 e. The Hall–Kier alpha value is -1.80. The van der Waals surface area contributed by atoms with Crippen LogP contribution in [0.4, 0.5) is 5.69 Å². The second kappa shape index (κ2) is 5.89. The molecule has 3 heteroatoms. The topological polar surface area (TPSA) is 29.1 Å². The maximum atomic E-state index is 12.2. The summed E-state index contributed by atoms with van der Waals surface area (Å²) in [4.78, 5) is 12.2. The van der Waals surface area contributed by atoms with E-state index in [9.17, 15) is 4.79 Å². The molecule has 0 radical (unpaired) electrons. The highest BCUT2D eigenvalue weighted by molar-refractivity contribution is 6.31. The second-order valence-electron chi connectivity index (χ2n) is 4.58. The molecule has 0 saturated heterocycles. The standard InChI is InChI=1S/C16H16ClNO/c1-11-8-9-14(17)10-15(11)18-16(19)12(2)13-6-4-3-5-7-13/h3-10,12H,1-2H3,(H,18,19). The lowest BCUT2D eigenvalue weighted by molar-refractivity contribution is -0.117. The fraction of sp³-hybridized carbons (Fsp3) is 0.188. The Labute approximate surface area is 118 Å². The molecule has 0 aliphatic carbocycles. The number of aryl methyl sites for hydroxylation is 1. The van der Waals surface area contributed by atoms with Crippen LogP contribution < -0.4 is 5.32 Å². The van der Waals surface area contributed by atoms with Crippen molar-refractivity contribution in [3.8, 4) is 0 Å². The van der Waals surface area contributed by atoms with Crippen LogP contribution in [0.3, 0.4) is 0 Å². The number of benzene rings is 2. The molecule has 0 aliphatic rings. The van der Waals surface area contributed by atoms with Gasteiger partial charge in [-0.05, 0) is 37.1 Å². The molecule has 0 spiro atoms. The molecule has 1 unspecified atom stereocenters. The van der Waals surface area contributed by atoms with Crippen LogP contribution in [0, 0.1) is 6.92 Å². The van der Waals surface area contributed by atoms with E-state index in [0.717, 1.165) is 16.8 Å². The van der Waals surface area contributed by atoms with Crippen molar-refractivity contribution < 1.29 is 4.79 Å². The molecule has 0 aromatic heterocycles. The summed E-state index contributed by atoms with van der Waals surface area (Å²) in [7, 11) is 0. The number of carbonyl (C=O) groups is 1. The molecule has 1 amide bonds. The molecule has 19 heavy (non-hydrogen) atoms. The Balaban J connectivity index is 2.15. The number of carbonyl (C=O) groups excluding carboxylic acids is 1. The SMILES string of the molecule is Cc1ccc(Cl)cc1NC(=O)C(C)c1ccccc1. The number of amides is 1. The Bertz CT molecular complexity index is 581. The smallest absolute Gasteiger partial charge is 0.231 e. The minimum absolute atomic E-state index is 0.0310. The van der Waals surface area contributed by atoms with Gasteiger partial charge in [-0.2, -0.15) is 0 Å². The molecule has 0 saturated carbocycles. The van der Waals surface area contributed by atoms with Crippen LogP contribution in [-0.4, -0.2) is 5.91 Å². The fourth-order valence-electron chi connectivity index (χ4n) is 1.86. The minimum atomic E-state index is -0.195. The molecule has 2 rings (SSSR count). The highest BCUT2D eigenvalue weighted by atomic mass is 35.5. The lowest BCUT2D eigenvalue weighted by Gasteiger charge is -2.14. The summed E-state index contributed by atoms with van der Waals surface area (Å²) >= 11 is 5.95. The molecule has 2 nitrogen and oxygen atoms in total. The van der Waals surface area contributed by atoms with E-state index in [4.69, 9.17) is 11.6 Å². The van der Waals surface area contributed by atoms with Crippen molar-refractivity contribution in [2.45, 2.75) is 19.8 Å². The summed E-state index contributed by atoms with van der Waals surface area (Å²) in [5, 5.41) is 3.54. The number of anilines is 1. The zero-order chi connectivity index (χ0) is 13.8. The molecule has 0 aliphatic heterocycles. The summed E-state index contributed by atoms with van der Waals surface area (Å²) in [5.41, 5.74) is 2.76. The lowest BCUT2D eigenvalue weighted by Crippen LogP contribution is -2.19. The van der Waals surface area contributed by atoms with Crippen LogP contribution >= 0.6 is 11.6 Å². The Morgan fingerprint density at radius 2 is 1.84 bits per heavy atom. The van der Waals surface area contributed by atoms with Crippen LogP contribution in [0.2, 0.25) is 5.02 Å². The number of halogens is 1. The molecule has 2 aromatic carbocycles. The first-order valence-corrected chi connectivity index (χ1v) is 6.57. The van der Waals surface area contributed by atoms with Gasteiger partial charge >= 0.3 is 0 Å². The van der Waals surface area contributed by atoms with Gasteiger partial charge in [0.2, 0.25) is 5.91 Å². The van der Waals surface area contributed by atoms with Crippen LogP contribution in [0.5, 0.6) is 0 Å². The van der Waals surface area contributed by atoms with Crippen molar-refractivity contribution in [2.75, 3.05) is 5.32 Å². The normalized spacial score (nSPS) is 11.9. The van der Waals surface area contributed by atoms with Crippen LogP contribution in [0.15, 0.2) is 48.5 Å². The first-order chi connectivity index (χ1) is 9.08. The zero-order valence-electron chi connectivity index (χ0n) is 11.0. The largest absolute Gasteiger partial charge is 0.325 e. The number of hydrogen-bond acceptors (Lipinski definition) is 1. The second-order valence-corrected chi connectivity index (χ2v) is 5.02. The number of rotatable bonds is 3. The van der Waals surface area contributed by atoms with Crippen LogP contribution in [0.25, 0.3) is 0 Å². The van der Waals surface area contributed by atoms with Gasteiger partial charge in [-0.15, -0.1) is 0 Å². The van der Waals surface area contributed by atoms with E-state index in [0.29, 0.717) is 5.02 Å². The summed E-state index contributed by atoms with van der Waals surface area (Å²) in [5.74, 6) is -0.226. The van der Waals surface area contributed by atoms with Gasteiger partial charge in [0, 0.05) is 10.7 Å². The van der Waals surface area contributed by atoms with Gasteiger partial charge in [-0.1, -0.05) is 48.0 Å². The van der Waals surface area contributed by atoms with Gasteiger partial charge in [0.1, 0.15) is 0 Å². The Morgan fingerprint density at radius 3 is 2.53 bits per heavy atom. The molecular weight excluding hydrogens is 258 g/mol. The van der Waals surface area contributed by atoms with Gasteiger partial charge in [-0.3, -0.25) is 4.79 Å². The third-order valence-corrected chi connectivity index (χ3v) is 3.39. The van der Waals surface area contributed by atoms with Gasteiger partial charge in [0.25, 0.3) is 0 Å². The van der Waals surface area contributed by atoms with Crippen molar-refractivity contribution in [1.82, 2.24) is 0 Å². The lowest BCUT2D eigenvalue weighted by atomic mass is 10.0. The van der Waals surface area contributed by atoms with E-state index in [2.05, 4.69) is 5.32 Å². The highest BCUT2D eigenvalue weighted by Gasteiger charge is 2.15. The molecule has 0 bridgehead atoms. The zero-order valence-corrected chi connectivity index (χ0v) is 11.7. The van der Waals surface area contributed by atoms with E-state index >= 15 is 0 Å². The van der Waals surface area contributed by atoms with Crippen molar-refractivity contribution in [1.29, 1.82) is 0 Å². The summed E-state index contributed by atoms with van der Waals surface area (Å²) in [6, 6.07) is 15.2. The van der Waals surface area contributed by atoms with E-state index < -0.39 is 0 Å². The predicted molar refractivity (Wildman–Crippen MR) is 79.7 cm³/mol. The third kappa shape index (κ3) is 3.36. The van der Waals surface area contributed by atoms with E-state index in [1.165, 1.54) is 0 Å². The fourth-order valence-corrected chi connectivity index (χ4v) is 2.04. The highest BCUT2D eigenvalue weighted by Crippen LogP contribution is 2.22. The van der Waals surface area contributed by atoms with Crippen molar-refractivity contribution in [2.24, 2.45) is 0 Å². The van der Waals surface area contributed by atoms with Crippen LogP contribution in [0.1, 0.15) is 24.0 Å². The summed E-state index contributed by atoms with van der Waals surface area (Å²) in [6.45, 7) is 3.84. The molecule has 0 fully saturated rings. The quantitative estimate of drug-likeness (QED) is 0.883. The maximum absolute atomic E-state index is 12.2. The molecule has 98 valence electrons. The molecule has 2 aromatic rings. The van der Waals surface area contributed by atoms with Gasteiger partial charge in [0.15, 0.2) is 0 Å². The van der Waals surface area contributed by atoms with Crippen molar-refractivity contribution in [3.05, 3.63) is 64.7 Å². The molecule has 0 heterocycles. The predicted octanol–water partition coefficient (Wildman–Crippen LogP) is 4.39. The first-order valence-electron chi connectivity index (χ1n) is 6.20. The Morgan fingerprint density at radius 1 is 1.16 bits per heavy atom. The average molecular weight is 274 g/mol. The monoisotopic (exact) mass is 273 g/mol.